The van der Waals surface area contributed by atoms with Gasteiger partial charge < -0.3 is 15.6 Å². The molecular formula is C26H23ClN4OS. The van der Waals surface area contributed by atoms with Crippen LogP contribution >= 0.6 is 23.8 Å². The van der Waals surface area contributed by atoms with E-state index in [1.165, 1.54) is 0 Å². The van der Waals surface area contributed by atoms with Crippen LogP contribution in [0.1, 0.15) is 45.8 Å². The molecule has 0 saturated heterocycles. The number of aromatic amines is 1. The number of aryl methyl sites for hydroxylation is 1. The van der Waals surface area contributed by atoms with E-state index in [-0.39, 0.29) is 11.7 Å². The van der Waals surface area contributed by atoms with Crippen LogP contribution in [0.4, 0.5) is 11.4 Å². The number of aromatic nitrogens is 2. The lowest BCUT2D eigenvalue weighted by Gasteiger charge is -2.13. The minimum Gasteiger partial charge on any atom is -0.355 e. The summed E-state index contributed by atoms with van der Waals surface area (Å²) in [5.41, 5.74) is 5.59. The average Bonchev–Trinajstić information content (AvgIpc) is 3.21. The number of nitrogens with zero attached hydrogens (tertiary/aromatic N) is 1. The van der Waals surface area contributed by atoms with Gasteiger partial charge in [-0.3, -0.25) is 9.78 Å². The highest BCUT2D eigenvalue weighted by molar-refractivity contribution is 7.80. The Balaban J connectivity index is 1.44. The van der Waals surface area contributed by atoms with Crippen molar-refractivity contribution in [3.05, 3.63) is 112 Å². The third-order valence-electron chi connectivity index (χ3n) is 5.36. The van der Waals surface area contributed by atoms with Crippen molar-refractivity contribution in [3.63, 3.8) is 0 Å². The van der Waals surface area contributed by atoms with E-state index in [4.69, 9.17) is 23.8 Å². The number of carbonyl (C=O) groups is 1. The minimum atomic E-state index is -0.0606. The van der Waals surface area contributed by atoms with Crippen LogP contribution in [0.5, 0.6) is 0 Å². The number of rotatable bonds is 6. The van der Waals surface area contributed by atoms with Crippen molar-refractivity contribution in [2.75, 3.05) is 10.6 Å². The molecule has 0 aliphatic carbocycles. The van der Waals surface area contributed by atoms with Crippen molar-refractivity contribution < 1.29 is 4.79 Å². The molecule has 0 spiro atoms. The highest BCUT2D eigenvalue weighted by Crippen LogP contribution is 2.26. The van der Waals surface area contributed by atoms with Crippen molar-refractivity contribution >= 4 is 46.1 Å². The zero-order valence-electron chi connectivity index (χ0n) is 18.2. The van der Waals surface area contributed by atoms with Gasteiger partial charge >= 0.3 is 0 Å². The summed E-state index contributed by atoms with van der Waals surface area (Å²) in [6.07, 6.45) is 1.75. The molecule has 4 rings (SSSR count). The summed E-state index contributed by atoms with van der Waals surface area (Å²) >= 11 is 11.3. The summed E-state index contributed by atoms with van der Waals surface area (Å²) in [5.74, 6) is -0.0755. The molecule has 3 N–H and O–H groups in total. The number of ketones is 1. The Bertz CT molecular complexity index is 1270. The van der Waals surface area contributed by atoms with Crippen LogP contribution in [0.2, 0.25) is 5.02 Å². The number of para-hydroxylation sites is 1. The van der Waals surface area contributed by atoms with E-state index in [9.17, 15) is 4.79 Å². The highest BCUT2D eigenvalue weighted by atomic mass is 35.5. The normalized spacial score (nSPS) is 11.6. The zero-order valence-corrected chi connectivity index (χ0v) is 19.8. The Morgan fingerprint density at radius 2 is 1.70 bits per heavy atom. The Morgan fingerprint density at radius 3 is 2.36 bits per heavy atom. The number of hydrogen-bond donors (Lipinski definition) is 3. The lowest BCUT2D eigenvalue weighted by atomic mass is 10.0. The van der Waals surface area contributed by atoms with Crippen molar-refractivity contribution in [1.82, 2.24) is 9.97 Å². The number of carbonyl (C=O) groups excluding carboxylic acids is 1. The number of halogens is 1. The van der Waals surface area contributed by atoms with Gasteiger partial charge in [0.2, 0.25) is 5.78 Å². The molecule has 7 heteroatoms. The molecule has 1 unspecified atom stereocenters. The van der Waals surface area contributed by atoms with E-state index in [0.717, 1.165) is 28.3 Å². The second-order valence-corrected chi connectivity index (χ2v) is 8.60. The molecule has 0 saturated carbocycles. The van der Waals surface area contributed by atoms with Crippen LogP contribution in [0.25, 0.3) is 0 Å². The summed E-state index contributed by atoms with van der Waals surface area (Å²) < 4.78 is 0. The van der Waals surface area contributed by atoms with Gasteiger partial charge in [0.05, 0.1) is 17.6 Å². The molecule has 0 aliphatic rings. The van der Waals surface area contributed by atoms with Gasteiger partial charge in [-0.2, -0.15) is 0 Å². The van der Waals surface area contributed by atoms with Crippen molar-refractivity contribution in [2.24, 2.45) is 0 Å². The average molecular weight is 475 g/mol. The molecule has 0 bridgehead atoms. The van der Waals surface area contributed by atoms with Gasteiger partial charge in [0, 0.05) is 33.6 Å². The first-order chi connectivity index (χ1) is 15.9. The van der Waals surface area contributed by atoms with Crippen molar-refractivity contribution in [2.45, 2.75) is 19.8 Å². The molecule has 4 aromatic rings. The standard InChI is InChI=1S/C26H23ClN4OS/c1-16-14-23(31-24(16)25(32)18-8-10-19(27)11-9-18)17(2)22-13-12-21(15-28-22)30-26(33)29-20-6-4-3-5-7-20/h3-15,17,31H,1-2H3,(H2,29,30,33). The molecule has 166 valence electrons. The van der Waals surface area contributed by atoms with Gasteiger partial charge in [0.1, 0.15) is 0 Å². The lowest BCUT2D eigenvalue weighted by Crippen LogP contribution is -2.19. The zero-order chi connectivity index (χ0) is 23.4. The molecular weight excluding hydrogens is 452 g/mol. The second kappa shape index (κ2) is 9.98. The van der Waals surface area contributed by atoms with Crippen LogP contribution in [-0.4, -0.2) is 20.9 Å². The van der Waals surface area contributed by atoms with Crippen molar-refractivity contribution in [1.29, 1.82) is 0 Å². The molecule has 2 heterocycles. The monoisotopic (exact) mass is 474 g/mol. The van der Waals surface area contributed by atoms with Gasteiger partial charge in [-0.1, -0.05) is 36.7 Å². The Labute approximate surface area is 203 Å². The number of anilines is 2. The molecule has 33 heavy (non-hydrogen) atoms. The van der Waals surface area contributed by atoms with Crippen LogP contribution in [-0.2, 0) is 0 Å². The molecule has 0 fully saturated rings. The largest absolute Gasteiger partial charge is 0.355 e. The quantitative estimate of drug-likeness (QED) is 0.218. The second-order valence-electron chi connectivity index (χ2n) is 7.76. The maximum Gasteiger partial charge on any atom is 0.209 e. The third-order valence-corrected chi connectivity index (χ3v) is 5.81. The maximum atomic E-state index is 12.9. The fraction of sp³-hybridized carbons (Fsp3) is 0.115. The highest BCUT2D eigenvalue weighted by Gasteiger charge is 2.19. The fourth-order valence-corrected chi connectivity index (χ4v) is 3.87. The van der Waals surface area contributed by atoms with Crippen molar-refractivity contribution in [3.8, 4) is 0 Å². The molecule has 2 aromatic heterocycles. The van der Waals surface area contributed by atoms with Crippen LogP contribution in [0.3, 0.4) is 0 Å². The Kier molecular flexibility index (Phi) is 6.87. The van der Waals surface area contributed by atoms with E-state index in [1.54, 1.807) is 30.5 Å². The number of nitrogens with one attached hydrogen (secondary N) is 3. The molecule has 1 atom stereocenters. The van der Waals surface area contributed by atoms with Crippen LogP contribution in [0.15, 0.2) is 79.0 Å². The summed E-state index contributed by atoms with van der Waals surface area (Å²) in [6.45, 7) is 3.98. The van der Waals surface area contributed by atoms with E-state index < -0.39 is 0 Å². The summed E-state index contributed by atoms with van der Waals surface area (Å²) in [5, 5.41) is 7.38. The lowest BCUT2D eigenvalue weighted by molar-refractivity contribution is 0.103. The first-order valence-corrected chi connectivity index (χ1v) is 11.3. The smallest absolute Gasteiger partial charge is 0.209 e. The molecule has 0 amide bonds. The van der Waals surface area contributed by atoms with Gasteiger partial charge in [-0.15, -0.1) is 0 Å². The summed E-state index contributed by atoms with van der Waals surface area (Å²) in [4.78, 5) is 20.8. The Hall–Kier alpha value is -3.48. The van der Waals surface area contributed by atoms with Crippen LogP contribution in [0, 0.1) is 6.92 Å². The predicted octanol–water partition coefficient (Wildman–Crippen LogP) is 6.56. The summed E-state index contributed by atoms with van der Waals surface area (Å²) in [6, 6.07) is 22.5. The molecule has 0 aliphatic heterocycles. The predicted molar refractivity (Wildman–Crippen MR) is 138 cm³/mol. The maximum absolute atomic E-state index is 12.9. The molecule has 2 aromatic carbocycles. The Morgan fingerprint density at radius 1 is 1.00 bits per heavy atom. The number of pyridine rings is 1. The summed E-state index contributed by atoms with van der Waals surface area (Å²) in [7, 11) is 0. The van der Waals surface area contributed by atoms with E-state index in [1.807, 2.05) is 55.5 Å². The van der Waals surface area contributed by atoms with Gasteiger partial charge in [-0.25, -0.2) is 0 Å². The number of H-pyrrole nitrogens is 1. The molecule has 5 nitrogen and oxygen atoms in total. The topological polar surface area (TPSA) is 69.8 Å². The first-order valence-electron chi connectivity index (χ1n) is 10.5. The minimum absolute atomic E-state index is 0.0149. The fourth-order valence-electron chi connectivity index (χ4n) is 3.51. The van der Waals surface area contributed by atoms with E-state index in [2.05, 4.69) is 27.5 Å². The number of benzene rings is 2. The SMILES string of the molecule is Cc1cc(C(C)c2ccc(NC(=S)Nc3ccccc3)cn2)[nH]c1C(=O)c1ccc(Cl)cc1. The first kappa shape index (κ1) is 22.7. The van der Waals surface area contributed by atoms with Crippen LogP contribution < -0.4 is 10.6 Å². The number of hydrogen-bond acceptors (Lipinski definition) is 3. The number of thiocarbonyl (C=S) groups is 1. The van der Waals surface area contributed by atoms with Gasteiger partial charge in [0.15, 0.2) is 5.11 Å². The van der Waals surface area contributed by atoms with Gasteiger partial charge in [-0.05, 0) is 79.3 Å². The van der Waals surface area contributed by atoms with Gasteiger partial charge in [0.25, 0.3) is 0 Å². The third kappa shape index (κ3) is 5.48. The molecule has 0 radical (unpaired) electrons. The van der Waals surface area contributed by atoms with E-state index >= 15 is 0 Å². The van der Waals surface area contributed by atoms with E-state index in [0.29, 0.717) is 21.4 Å².